The van der Waals surface area contributed by atoms with Crippen molar-refractivity contribution in [2.75, 3.05) is 19.0 Å². The Labute approximate surface area is 183 Å². The second kappa shape index (κ2) is 14.9. The molecule has 0 radical (unpaired) electrons. The van der Waals surface area contributed by atoms with Crippen molar-refractivity contribution >= 4 is 40.5 Å². The third kappa shape index (κ3) is 13.1. The van der Waals surface area contributed by atoms with E-state index in [-0.39, 0.29) is 54.8 Å². The van der Waals surface area contributed by atoms with Gasteiger partial charge in [0.2, 0.25) is 0 Å². The number of carbonyl (C=O) groups excluding carboxylic acids is 4. The van der Waals surface area contributed by atoms with Crippen LogP contribution in [0.5, 0.6) is 5.75 Å². The lowest BCUT2D eigenvalue weighted by atomic mass is 10.2. The van der Waals surface area contributed by atoms with E-state index >= 15 is 0 Å². The van der Waals surface area contributed by atoms with E-state index in [1.165, 1.54) is 43.0 Å². The third-order valence-corrected chi connectivity index (χ3v) is 4.69. The molecular weight excluding hydrogens is 430 g/mol. The molecule has 11 heteroatoms. The van der Waals surface area contributed by atoms with E-state index in [1.807, 2.05) is 0 Å². The first-order valence-electron chi connectivity index (χ1n) is 9.67. The van der Waals surface area contributed by atoms with Gasteiger partial charge in [0.1, 0.15) is 12.4 Å². The van der Waals surface area contributed by atoms with E-state index in [2.05, 4.69) is 0 Å². The second-order valence-corrected chi connectivity index (χ2v) is 7.68. The molecule has 0 saturated heterocycles. The molecule has 0 aliphatic carbocycles. The van der Waals surface area contributed by atoms with Crippen molar-refractivity contribution in [3.63, 3.8) is 0 Å². The van der Waals surface area contributed by atoms with Crippen molar-refractivity contribution < 1.29 is 38.3 Å². The smallest absolute Gasteiger partial charge is 0.458 e. The van der Waals surface area contributed by atoms with Gasteiger partial charge in [-0.05, 0) is 31.4 Å². The molecule has 0 saturated carbocycles. The molecule has 0 aliphatic heterocycles. The lowest BCUT2D eigenvalue weighted by molar-refractivity contribution is -0.384. The maximum atomic E-state index is 11.7. The molecule has 170 valence electrons. The summed E-state index contributed by atoms with van der Waals surface area (Å²) in [5.74, 6) is 0.0806. The van der Waals surface area contributed by atoms with Gasteiger partial charge in [-0.2, -0.15) is 0 Å². The molecule has 1 aromatic rings. The summed E-state index contributed by atoms with van der Waals surface area (Å²) in [6, 6.07) is 4.91. The summed E-state index contributed by atoms with van der Waals surface area (Å²) in [5.41, 5.74) is -0.135. The van der Waals surface area contributed by atoms with Gasteiger partial charge in [-0.1, -0.05) is 18.2 Å². The number of ketones is 1. The van der Waals surface area contributed by atoms with Crippen molar-refractivity contribution in [2.45, 2.75) is 45.4 Å². The largest absolute Gasteiger partial charge is 0.513 e. The number of hydrogen-bond acceptors (Lipinski definition) is 10. The molecule has 0 bridgehead atoms. The molecule has 0 fully saturated rings. The van der Waals surface area contributed by atoms with E-state index < -0.39 is 17.0 Å². The first-order valence-corrected chi connectivity index (χ1v) is 10.7. The Balaban J connectivity index is 2.06. The summed E-state index contributed by atoms with van der Waals surface area (Å²) < 4.78 is 14.6. The minimum atomic E-state index is -0.991. The lowest BCUT2D eigenvalue weighted by Crippen LogP contribution is -2.15. The standard InChI is InChI=1S/C20H25NO9S/c1-15(22)31-13-4-2-3-7-19(24)29-14-17(23)6-5-12-28-20(25)30-18-10-8-16(9-11-18)21(26)27/h8-11H,2-7,12-14H2,1H3. The van der Waals surface area contributed by atoms with Crippen molar-refractivity contribution in [3.05, 3.63) is 34.4 Å². The number of carbonyl (C=O) groups is 4. The third-order valence-electron chi connectivity index (χ3n) is 3.79. The van der Waals surface area contributed by atoms with Crippen molar-refractivity contribution in [3.8, 4) is 5.75 Å². The fourth-order valence-electron chi connectivity index (χ4n) is 2.26. The maximum absolute atomic E-state index is 11.7. The highest BCUT2D eigenvalue weighted by molar-refractivity contribution is 8.13. The molecule has 0 aliphatic rings. The molecular formula is C20H25NO9S. The number of non-ortho nitro benzene ring substituents is 1. The molecule has 0 amide bonds. The van der Waals surface area contributed by atoms with Crippen LogP contribution >= 0.6 is 11.8 Å². The average Bonchev–Trinajstić information content (AvgIpc) is 2.72. The minimum Gasteiger partial charge on any atom is -0.458 e. The number of Topliss-reactive ketones (excluding diaryl/α,β-unsaturated/α-hetero) is 1. The van der Waals surface area contributed by atoms with E-state index in [0.717, 1.165) is 18.6 Å². The summed E-state index contributed by atoms with van der Waals surface area (Å²) in [6.45, 7) is 1.12. The van der Waals surface area contributed by atoms with Crippen LogP contribution in [0.4, 0.5) is 10.5 Å². The Bertz CT molecular complexity index is 764. The minimum absolute atomic E-state index is 0.0657. The molecule has 0 atom stereocenters. The van der Waals surface area contributed by atoms with Crippen LogP contribution in [-0.2, 0) is 23.9 Å². The number of nitrogens with zero attached hydrogens (tertiary/aromatic N) is 1. The molecule has 0 unspecified atom stereocenters. The predicted octanol–water partition coefficient (Wildman–Crippen LogP) is 3.84. The number of ether oxygens (including phenoxy) is 3. The van der Waals surface area contributed by atoms with Crippen LogP contribution in [0.25, 0.3) is 0 Å². The summed E-state index contributed by atoms with van der Waals surface area (Å²) in [6.07, 6.45) is 1.81. The van der Waals surface area contributed by atoms with Gasteiger partial charge in [0.15, 0.2) is 10.9 Å². The molecule has 1 rings (SSSR count). The SMILES string of the molecule is CC(=O)SCCCCCC(=O)OCC(=O)CCCOC(=O)Oc1ccc([N+](=O)[O-])cc1. The average molecular weight is 455 g/mol. The number of benzene rings is 1. The van der Waals surface area contributed by atoms with Gasteiger partial charge in [-0.3, -0.25) is 24.5 Å². The van der Waals surface area contributed by atoms with Crippen LogP contribution in [-0.4, -0.2) is 46.9 Å². The maximum Gasteiger partial charge on any atom is 0.513 e. The predicted molar refractivity (Wildman–Crippen MR) is 112 cm³/mol. The number of unbranched alkanes of at least 4 members (excludes halogenated alkanes) is 2. The van der Waals surface area contributed by atoms with Gasteiger partial charge in [0.05, 0.1) is 11.5 Å². The van der Waals surface area contributed by atoms with Crippen LogP contribution in [0.2, 0.25) is 0 Å². The first kappa shape index (κ1) is 26.1. The number of rotatable bonds is 14. The van der Waals surface area contributed by atoms with Gasteiger partial charge in [0, 0.05) is 37.7 Å². The van der Waals surface area contributed by atoms with E-state index in [4.69, 9.17) is 14.2 Å². The molecule has 0 heterocycles. The highest BCUT2D eigenvalue weighted by atomic mass is 32.2. The van der Waals surface area contributed by atoms with Crippen molar-refractivity contribution in [1.29, 1.82) is 0 Å². The lowest BCUT2D eigenvalue weighted by Gasteiger charge is -2.06. The molecule has 10 nitrogen and oxygen atoms in total. The van der Waals surface area contributed by atoms with E-state index in [9.17, 15) is 29.3 Å². The molecule has 0 aromatic heterocycles. The normalized spacial score (nSPS) is 10.2. The summed E-state index contributed by atoms with van der Waals surface area (Å²) in [7, 11) is 0. The molecule has 1 aromatic carbocycles. The van der Waals surface area contributed by atoms with Crippen LogP contribution < -0.4 is 4.74 Å². The van der Waals surface area contributed by atoms with Crippen molar-refractivity contribution in [2.24, 2.45) is 0 Å². The van der Waals surface area contributed by atoms with Crippen LogP contribution in [0, 0.1) is 10.1 Å². The van der Waals surface area contributed by atoms with Crippen LogP contribution in [0.15, 0.2) is 24.3 Å². The Morgan fingerprint density at radius 2 is 1.68 bits per heavy atom. The second-order valence-electron chi connectivity index (χ2n) is 6.41. The van der Waals surface area contributed by atoms with Crippen molar-refractivity contribution in [1.82, 2.24) is 0 Å². The first-order chi connectivity index (χ1) is 14.8. The highest BCUT2D eigenvalue weighted by Gasteiger charge is 2.11. The Morgan fingerprint density at radius 1 is 0.968 bits per heavy atom. The van der Waals surface area contributed by atoms with Crippen LogP contribution in [0.3, 0.4) is 0 Å². The van der Waals surface area contributed by atoms with Gasteiger partial charge in [-0.25, -0.2) is 4.79 Å². The highest BCUT2D eigenvalue weighted by Crippen LogP contribution is 2.17. The number of esters is 1. The van der Waals surface area contributed by atoms with Gasteiger partial charge < -0.3 is 14.2 Å². The summed E-state index contributed by atoms with van der Waals surface area (Å²) in [4.78, 5) is 55.6. The number of nitro benzene ring substituents is 1. The van der Waals surface area contributed by atoms with E-state index in [1.54, 1.807) is 0 Å². The summed E-state index contributed by atoms with van der Waals surface area (Å²) >= 11 is 1.26. The van der Waals surface area contributed by atoms with Gasteiger partial charge in [-0.15, -0.1) is 0 Å². The fraction of sp³-hybridized carbons (Fsp3) is 0.500. The fourth-order valence-corrected chi connectivity index (χ4v) is 2.89. The number of thioether (sulfide) groups is 1. The van der Waals surface area contributed by atoms with Gasteiger partial charge in [0.25, 0.3) is 5.69 Å². The molecule has 31 heavy (non-hydrogen) atoms. The number of hydrogen-bond donors (Lipinski definition) is 0. The Morgan fingerprint density at radius 3 is 2.32 bits per heavy atom. The summed E-state index contributed by atoms with van der Waals surface area (Å²) in [5, 5.41) is 10.6. The zero-order valence-electron chi connectivity index (χ0n) is 17.2. The molecule has 0 N–H and O–H groups in total. The zero-order valence-corrected chi connectivity index (χ0v) is 18.0. The molecule has 0 spiro atoms. The zero-order chi connectivity index (χ0) is 23.1. The topological polar surface area (TPSA) is 139 Å². The van der Waals surface area contributed by atoms with Crippen LogP contribution in [0.1, 0.15) is 45.4 Å². The van der Waals surface area contributed by atoms with Gasteiger partial charge >= 0.3 is 12.1 Å². The monoisotopic (exact) mass is 455 g/mol. The Kier molecular flexibility index (Phi) is 12.6. The Hall–Kier alpha value is -2.95. The van der Waals surface area contributed by atoms with E-state index in [0.29, 0.717) is 6.42 Å². The number of nitro groups is 1. The quantitative estimate of drug-likeness (QED) is 0.134.